The summed E-state index contributed by atoms with van der Waals surface area (Å²) in [6.07, 6.45) is 0.890. The Bertz CT molecular complexity index is 473. The first-order valence-electron chi connectivity index (χ1n) is 7.64. The van der Waals surface area contributed by atoms with Gasteiger partial charge in [-0.1, -0.05) is 12.1 Å². The van der Waals surface area contributed by atoms with Crippen molar-refractivity contribution in [2.75, 3.05) is 27.4 Å². The lowest BCUT2D eigenvalue weighted by Crippen LogP contribution is -2.47. The van der Waals surface area contributed by atoms with Gasteiger partial charge in [-0.3, -0.25) is 4.99 Å². The summed E-state index contributed by atoms with van der Waals surface area (Å²) in [5.41, 5.74) is 1.13. The van der Waals surface area contributed by atoms with Crippen molar-refractivity contribution in [1.29, 1.82) is 0 Å². The van der Waals surface area contributed by atoms with Gasteiger partial charge < -0.3 is 20.1 Å². The number of rotatable bonds is 7. The number of hydrogen-bond donors (Lipinski definition) is 2. The van der Waals surface area contributed by atoms with Crippen LogP contribution in [-0.2, 0) is 11.3 Å². The molecule has 0 saturated carbocycles. The number of nitrogens with one attached hydrogen (secondary N) is 2. The number of ether oxygens (including phenoxy) is 2. The maximum atomic E-state index is 5.71. The van der Waals surface area contributed by atoms with Crippen molar-refractivity contribution in [3.8, 4) is 5.75 Å². The van der Waals surface area contributed by atoms with Crippen LogP contribution in [0.3, 0.4) is 0 Å². The second kappa shape index (κ2) is 11.5. The monoisotopic (exact) mass is 435 g/mol. The summed E-state index contributed by atoms with van der Waals surface area (Å²) in [7, 11) is 3.47. The minimum atomic E-state index is -0.0197. The zero-order valence-electron chi connectivity index (χ0n) is 14.8. The van der Waals surface area contributed by atoms with E-state index in [4.69, 9.17) is 9.47 Å². The maximum Gasteiger partial charge on any atom is 0.191 e. The lowest BCUT2D eigenvalue weighted by molar-refractivity contribution is 0.172. The number of nitrogens with zero attached hydrogens (tertiary/aromatic N) is 1. The first-order valence-corrected chi connectivity index (χ1v) is 7.64. The van der Waals surface area contributed by atoms with E-state index >= 15 is 0 Å². The molecule has 0 fully saturated rings. The van der Waals surface area contributed by atoms with Gasteiger partial charge in [0.1, 0.15) is 5.75 Å². The SMILES string of the molecule is CN=C(NCc1cccc(OCCCOC)c1)NC(C)(C)C.I. The quantitative estimate of drug-likeness (QED) is 0.299. The predicted octanol–water partition coefficient (Wildman–Crippen LogP) is 3.18. The van der Waals surface area contributed by atoms with Crippen LogP contribution in [0.2, 0.25) is 0 Å². The molecule has 1 aromatic rings. The third-order valence-electron chi connectivity index (χ3n) is 2.84. The molecule has 0 aliphatic carbocycles. The van der Waals surface area contributed by atoms with Crippen molar-refractivity contribution in [2.45, 2.75) is 39.3 Å². The minimum absolute atomic E-state index is 0. The minimum Gasteiger partial charge on any atom is -0.493 e. The molecule has 2 N–H and O–H groups in total. The Morgan fingerprint density at radius 3 is 2.57 bits per heavy atom. The molecule has 0 aliphatic heterocycles. The lowest BCUT2D eigenvalue weighted by Gasteiger charge is -2.23. The molecule has 0 bridgehead atoms. The van der Waals surface area contributed by atoms with Gasteiger partial charge >= 0.3 is 0 Å². The molecule has 0 heterocycles. The summed E-state index contributed by atoms with van der Waals surface area (Å²) in [4.78, 5) is 4.23. The van der Waals surface area contributed by atoms with E-state index in [0.717, 1.165) is 30.3 Å². The van der Waals surface area contributed by atoms with Gasteiger partial charge in [0.2, 0.25) is 0 Å². The Kier molecular flexibility index (Phi) is 11.0. The van der Waals surface area contributed by atoms with Crippen molar-refractivity contribution < 1.29 is 9.47 Å². The van der Waals surface area contributed by atoms with Crippen LogP contribution in [0.25, 0.3) is 0 Å². The summed E-state index contributed by atoms with van der Waals surface area (Å²) in [6, 6.07) is 8.09. The van der Waals surface area contributed by atoms with Crippen molar-refractivity contribution in [1.82, 2.24) is 10.6 Å². The number of methoxy groups -OCH3 is 1. The molecular weight excluding hydrogens is 405 g/mol. The van der Waals surface area contributed by atoms with E-state index < -0.39 is 0 Å². The van der Waals surface area contributed by atoms with E-state index in [2.05, 4.69) is 42.5 Å². The van der Waals surface area contributed by atoms with Crippen molar-refractivity contribution >= 4 is 29.9 Å². The third-order valence-corrected chi connectivity index (χ3v) is 2.84. The van der Waals surface area contributed by atoms with Crippen LogP contribution in [0.5, 0.6) is 5.75 Å². The zero-order chi connectivity index (χ0) is 16.4. The number of benzene rings is 1. The van der Waals surface area contributed by atoms with Crippen LogP contribution in [0.4, 0.5) is 0 Å². The molecule has 23 heavy (non-hydrogen) atoms. The van der Waals surface area contributed by atoms with Gasteiger partial charge in [-0.15, -0.1) is 24.0 Å². The van der Waals surface area contributed by atoms with Gasteiger partial charge in [-0.05, 0) is 38.5 Å². The molecule has 0 radical (unpaired) electrons. The van der Waals surface area contributed by atoms with E-state index in [0.29, 0.717) is 13.2 Å². The standard InChI is InChI=1S/C17H29N3O2.HI/c1-17(2,3)20-16(18-4)19-13-14-8-6-9-15(12-14)22-11-7-10-21-5;/h6,8-9,12H,7,10-11,13H2,1-5H3,(H2,18,19,20);1H. The predicted molar refractivity (Wildman–Crippen MR) is 107 cm³/mol. The number of halogens is 1. The Morgan fingerprint density at radius 1 is 1.22 bits per heavy atom. The number of guanidine groups is 1. The normalized spacial score (nSPS) is 11.6. The summed E-state index contributed by atoms with van der Waals surface area (Å²) >= 11 is 0. The summed E-state index contributed by atoms with van der Waals surface area (Å²) in [5.74, 6) is 1.67. The second-order valence-corrected chi connectivity index (χ2v) is 6.14. The Balaban J connectivity index is 0.00000484. The van der Waals surface area contributed by atoms with E-state index in [1.807, 2.05) is 18.2 Å². The van der Waals surface area contributed by atoms with E-state index in [1.165, 1.54) is 0 Å². The summed E-state index contributed by atoms with van der Waals surface area (Å²) in [6.45, 7) is 8.40. The topological polar surface area (TPSA) is 54.9 Å². The van der Waals surface area contributed by atoms with Gasteiger partial charge in [-0.25, -0.2) is 0 Å². The van der Waals surface area contributed by atoms with E-state index in [9.17, 15) is 0 Å². The largest absolute Gasteiger partial charge is 0.493 e. The third kappa shape index (κ3) is 10.4. The van der Waals surface area contributed by atoms with Gasteiger partial charge in [0, 0.05) is 39.3 Å². The second-order valence-electron chi connectivity index (χ2n) is 6.14. The molecule has 0 spiro atoms. The maximum absolute atomic E-state index is 5.71. The highest BCUT2D eigenvalue weighted by Crippen LogP contribution is 2.13. The van der Waals surface area contributed by atoms with Gasteiger partial charge in [0.25, 0.3) is 0 Å². The molecule has 1 rings (SSSR count). The highest BCUT2D eigenvalue weighted by Gasteiger charge is 2.11. The fourth-order valence-electron chi connectivity index (χ4n) is 1.86. The fraction of sp³-hybridized carbons (Fsp3) is 0.588. The molecule has 5 nitrogen and oxygen atoms in total. The van der Waals surface area contributed by atoms with Crippen LogP contribution in [0, 0.1) is 0 Å². The number of aliphatic imine (C=N–C) groups is 1. The molecule has 0 aromatic heterocycles. The zero-order valence-corrected chi connectivity index (χ0v) is 17.1. The molecule has 0 unspecified atom stereocenters. The average Bonchev–Trinajstić information content (AvgIpc) is 2.47. The smallest absolute Gasteiger partial charge is 0.191 e. The molecular formula is C17H30IN3O2. The molecule has 6 heteroatoms. The average molecular weight is 435 g/mol. The highest BCUT2D eigenvalue weighted by atomic mass is 127. The molecule has 132 valence electrons. The van der Waals surface area contributed by atoms with Crippen LogP contribution < -0.4 is 15.4 Å². The van der Waals surface area contributed by atoms with Gasteiger partial charge in [-0.2, -0.15) is 0 Å². The van der Waals surface area contributed by atoms with Crippen LogP contribution in [0.1, 0.15) is 32.8 Å². The summed E-state index contributed by atoms with van der Waals surface area (Å²) < 4.78 is 10.7. The van der Waals surface area contributed by atoms with Crippen LogP contribution >= 0.6 is 24.0 Å². The van der Waals surface area contributed by atoms with Crippen molar-refractivity contribution in [2.24, 2.45) is 4.99 Å². The molecule has 0 amide bonds. The Morgan fingerprint density at radius 2 is 1.96 bits per heavy atom. The first kappa shape index (κ1) is 22.0. The fourth-order valence-corrected chi connectivity index (χ4v) is 1.86. The van der Waals surface area contributed by atoms with Crippen LogP contribution in [0.15, 0.2) is 29.3 Å². The van der Waals surface area contributed by atoms with E-state index in [1.54, 1.807) is 14.2 Å². The van der Waals surface area contributed by atoms with E-state index in [-0.39, 0.29) is 29.5 Å². The van der Waals surface area contributed by atoms with Crippen LogP contribution in [-0.4, -0.2) is 38.9 Å². The number of hydrogen-bond acceptors (Lipinski definition) is 3. The molecule has 0 saturated heterocycles. The highest BCUT2D eigenvalue weighted by molar-refractivity contribution is 14.0. The molecule has 0 aliphatic rings. The molecule has 0 atom stereocenters. The van der Waals surface area contributed by atoms with Gasteiger partial charge in [0.05, 0.1) is 6.61 Å². The first-order chi connectivity index (χ1) is 10.4. The van der Waals surface area contributed by atoms with Crippen molar-refractivity contribution in [3.05, 3.63) is 29.8 Å². The van der Waals surface area contributed by atoms with Crippen molar-refractivity contribution in [3.63, 3.8) is 0 Å². The summed E-state index contributed by atoms with van der Waals surface area (Å²) in [5, 5.41) is 6.64. The Hall–Kier alpha value is -1.02. The van der Waals surface area contributed by atoms with Gasteiger partial charge in [0.15, 0.2) is 5.96 Å². The Labute approximate surface area is 157 Å². The lowest BCUT2D eigenvalue weighted by atomic mass is 10.1. The molecule has 1 aromatic carbocycles.